The molecule has 0 radical (unpaired) electrons. The van der Waals surface area contributed by atoms with Crippen molar-refractivity contribution >= 4 is 31.8 Å². The molecule has 32 heavy (non-hydrogen) atoms. The van der Waals surface area contributed by atoms with Crippen LogP contribution in [0.5, 0.6) is 0 Å². The minimum absolute atomic E-state index is 0.0306. The Morgan fingerprint density at radius 3 is 2.53 bits per heavy atom. The number of fused-ring (bicyclic) bond motifs is 2. The Hall–Kier alpha value is -3.01. The molecule has 0 spiro atoms. The van der Waals surface area contributed by atoms with Gasteiger partial charge in [0.25, 0.3) is 0 Å². The van der Waals surface area contributed by atoms with Gasteiger partial charge in [-0.3, -0.25) is 0 Å². The summed E-state index contributed by atoms with van der Waals surface area (Å²) in [6, 6.07) is 8.18. The van der Waals surface area contributed by atoms with Gasteiger partial charge in [0.15, 0.2) is 15.7 Å². The molecule has 166 valence electrons. The van der Waals surface area contributed by atoms with Crippen molar-refractivity contribution in [3.8, 4) is 11.5 Å². The lowest BCUT2D eigenvalue weighted by Crippen LogP contribution is -2.09. The second-order valence-electron chi connectivity index (χ2n) is 7.98. The molecule has 1 aromatic carbocycles. The first-order chi connectivity index (χ1) is 15.1. The summed E-state index contributed by atoms with van der Waals surface area (Å²) >= 11 is 0. The van der Waals surface area contributed by atoms with Gasteiger partial charge in [0.05, 0.1) is 33.4 Å². The summed E-state index contributed by atoms with van der Waals surface area (Å²) in [6.07, 6.45) is -1.41. The number of aromatic nitrogens is 4. The lowest BCUT2D eigenvalue weighted by molar-refractivity contribution is -0.141. The van der Waals surface area contributed by atoms with Gasteiger partial charge in [-0.25, -0.2) is 23.4 Å². The molecule has 1 fully saturated rings. The molecule has 3 heterocycles. The van der Waals surface area contributed by atoms with Crippen molar-refractivity contribution in [2.75, 3.05) is 5.75 Å². The Bertz CT molecular complexity index is 1490. The fourth-order valence-corrected chi connectivity index (χ4v) is 5.00. The predicted molar refractivity (Wildman–Crippen MR) is 114 cm³/mol. The van der Waals surface area contributed by atoms with Crippen LogP contribution < -0.4 is 0 Å². The predicted octanol–water partition coefficient (Wildman–Crippen LogP) is 4.87. The van der Waals surface area contributed by atoms with Gasteiger partial charge in [0.2, 0.25) is 0 Å². The quantitative estimate of drug-likeness (QED) is 0.434. The van der Waals surface area contributed by atoms with Crippen molar-refractivity contribution < 1.29 is 21.6 Å². The first kappa shape index (κ1) is 20.9. The van der Waals surface area contributed by atoms with E-state index >= 15 is 0 Å². The van der Waals surface area contributed by atoms with E-state index in [0.29, 0.717) is 17.0 Å². The van der Waals surface area contributed by atoms with Gasteiger partial charge in [0.1, 0.15) is 11.4 Å². The highest BCUT2D eigenvalue weighted by Crippen LogP contribution is 2.44. The Balaban J connectivity index is 1.80. The molecule has 6 nitrogen and oxygen atoms in total. The highest BCUT2D eigenvalue weighted by atomic mass is 32.2. The maximum absolute atomic E-state index is 13.1. The van der Waals surface area contributed by atoms with E-state index in [0.717, 1.165) is 36.1 Å². The van der Waals surface area contributed by atoms with Crippen LogP contribution in [0.25, 0.3) is 33.5 Å². The molecule has 10 heteroatoms. The number of hydrogen-bond acceptors (Lipinski definition) is 5. The van der Waals surface area contributed by atoms with E-state index in [9.17, 15) is 21.6 Å². The van der Waals surface area contributed by atoms with Gasteiger partial charge < -0.3 is 4.57 Å². The lowest BCUT2D eigenvalue weighted by atomic mass is 10.0. The molecule has 3 aromatic heterocycles. The maximum Gasteiger partial charge on any atom is 0.433 e. The summed E-state index contributed by atoms with van der Waals surface area (Å²) in [6.45, 7) is 1.55. The number of halogens is 3. The fraction of sp³-hybridized carbons (Fsp3) is 0.318. The summed E-state index contributed by atoms with van der Waals surface area (Å²) in [4.78, 5) is 12.5. The van der Waals surface area contributed by atoms with Crippen LogP contribution in [0, 0.1) is 0 Å². The van der Waals surface area contributed by atoms with Crippen molar-refractivity contribution in [1.82, 2.24) is 19.5 Å². The molecule has 0 aliphatic heterocycles. The average molecular weight is 460 g/mol. The van der Waals surface area contributed by atoms with Crippen molar-refractivity contribution in [1.29, 1.82) is 0 Å². The van der Waals surface area contributed by atoms with E-state index < -0.39 is 21.7 Å². The summed E-state index contributed by atoms with van der Waals surface area (Å²) in [5, 5.41) is 0.783. The Labute approximate surface area is 182 Å². The van der Waals surface area contributed by atoms with Crippen LogP contribution in [-0.2, 0) is 23.1 Å². The van der Waals surface area contributed by atoms with Crippen LogP contribution in [0.2, 0.25) is 0 Å². The molecular weight excluding hydrogens is 441 g/mol. The molecule has 1 saturated carbocycles. The molecule has 0 bridgehead atoms. The van der Waals surface area contributed by atoms with E-state index in [4.69, 9.17) is 0 Å². The van der Waals surface area contributed by atoms with Crippen molar-refractivity contribution in [2.24, 2.45) is 7.05 Å². The molecule has 0 atom stereocenters. The molecule has 0 N–H and O–H groups in total. The number of hydrogen-bond donors (Lipinski definition) is 0. The van der Waals surface area contributed by atoms with Gasteiger partial charge in [-0.1, -0.05) is 19.1 Å². The van der Waals surface area contributed by atoms with E-state index in [-0.39, 0.29) is 27.7 Å². The van der Waals surface area contributed by atoms with E-state index in [1.807, 2.05) is 12.1 Å². The molecule has 5 rings (SSSR count). The smallest absolute Gasteiger partial charge is 0.324 e. The van der Waals surface area contributed by atoms with Crippen molar-refractivity contribution in [3.05, 3.63) is 47.8 Å². The summed E-state index contributed by atoms with van der Waals surface area (Å²) in [5.74, 6) is 0.431. The SMILES string of the molecule is CCS(=O)(=O)c1cc2c(C3CC3)cccc2nc1-c1nc2cc(C(F)(F)F)ncc2n1C. The largest absolute Gasteiger partial charge is 0.433 e. The van der Waals surface area contributed by atoms with Gasteiger partial charge in [0, 0.05) is 12.4 Å². The number of pyridine rings is 2. The zero-order valence-electron chi connectivity index (χ0n) is 17.3. The first-order valence-electron chi connectivity index (χ1n) is 10.2. The average Bonchev–Trinajstić information content (AvgIpc) is 3.55. The maximum atomic E-state index is 13.1. The zero-order valence-corrected chi connectivity index (χ0v) is 18.1. The van der Waals surface area contributed by atoms with Crippen molar-refractivity contribution in [2.45, 2.75) is 36.8 Å². The third-order valence-corrected chi connectivity index (χ3v) is 7.60. The minimum Gasteiger partial charge on any atom is -0.324 e. The normalized spacial score (nSPS) is 15.0. The van der Waals surface area contributed by atoms with Crippen LogP contribution in [0.4, 0.5) is 13.2 Å². The fourth-order valence-electron chi connectivity index (χ4n) is 3.96. The summed E-state index contributed by atoms with van der Waals surface area (Å²) < 4.78 is 66.9. The van der Waals surface area contributed by atoms with Gasteiger partial charge in [-0.15, -0.1) is 0 Å². The van der Waals surface area contributed by atoms with Gasteiger partial charge in [-0.2, -0.15) is 13.2 Å². The number of rotatable bonds is 4. The number of benzene rings is 1. The summed E-state index contributed by atoms with van der Waals surface area (Å²) in [5.41, 5.74) is 1.18. The Morgan fingerprint density at radius 1 is 1.12 bits per heavy atom. The lowest BCUT2D eigenvalue weighted by Gasteiger charge is -2.13. The third kappa shape index (κ3) is 3.33. The molecule has 0 amide bonds. The first-order valence-corrected chi connectivity index (χ1v) is 11.8. The van der Waals surface area contributed by atoms with Gasteiger partial charge >= 0.3 is 6.18 Å². The van der Waals surface area contributed by atoms with E-state index in [1.54, 1.807) is 26.1 Å². The van der Waals surface area contributed by atoms with Crippen LogP contribution in [0.15, 0.2) is 41.4 Å². The molecule has 1 aliphatic rings. The van der Waals surface area contributed by atoms with Crippen molar-refractivity contribution in [3.63, 3.8) is 0 Å². The highest BCUT2D eigenvalue weighted by molar-refractivity contribution is 7.91. The Morgan fingerprint density at radius 2 is 1.88 bits per heavy atom. The minimum atomic E-state index is -4.61. The molecule has 1 aliphatic carbocycles. The number of alkyl halides is 3. The van der Waals surface area contributed by atoms with E-state index in [1.165, 1.54) is 4.57 Å². The van der Waals surface area contributed by atoms with Gasteiger partial charge in [-0.05, 0) is 42.5 Å². The number of aryl methyl sites for hydroxylation is 1. The van der Waals surface area contributed by atoms with E-state index in [2.05, 4.69) is 15.0 Å². The molecule has 0 unspecified atom stereocenters. The highest BCUT2D eigenvalue weighted by Gasteiger charge is 2.33. The second-order valence-corrected chi connectivity index (χ2v) is 10.2. The molecule has 0 saturated heterocycles. The van der Waals surface area contributed by atoms with Crippen LogP contribution in [0.3, 0.4) is 0 Å². The zero-order chi connectivity index (χ0) is 22.8. The topological polar surface area (TPSA) is 77.7 Å². The standard InChI is InChI=1S/C22H19F3N4O2S/c1-3-32(30,31)18-9-14-13(12-7-8-12)5-4-6-15(14)27-20(18)21-28-16-10-19(22(23,24)25)26-11-17(16)29(21)2/h4-6,9-12H,3,7-8H2,1-2H3. The number of sulfone groups is 1. The number of imidazole rings is 1. The monoisotopic (exact) mass is 460 g/mol. The van der Waals surface area contributed by atoms with Crippen LogP contribution in [0.1, 0.15) is 36.9 Å². The molecule has 4 aromatic rings. The number of nitrogens with zero attached hydrogens (tertiary/aromatic N) is 4. The second kappa shape index (κ2) is 6.99. The van der Waals surface area contributed by atoms with Crippen LogP contribution in [-0.4, -0.2) is 33.7 Å². The third-order valence-electron chi connectivity index (χ3n) is 5.86. The molecular formula is C22H19F3N4O2S. The Kier molecular flexibility index (Phi) is 4.56. The summed E-state index contributed by atoms with van der Waals surface area (Å²) in [7, 11) is -2.08. The van der Waals surface area contributed by atoms with Crippen LogP contribution >= 0.6 is 0 Å².